The van der Waals surface area contributed by atoms with Gasteiger partial charge in [0.15, 0.2) is 0 Å². The summed E-state index contributed by atoms with van der Waals surface area (Å²) < 4.78 is 13.8. The van der Waals surface area contributed by atoms with Gasteiger partial charge >= 0.3 is 0 Å². The Bertz CT molecular complexity index is 393. The highest BCUT2D eigenvalue weighted by Crippen LogP contribution is 2.38. The van der Waals surface area contributed by atoms with E-state index in [4.69, 9.17) is 21.1 Å². The number of hydrogen-bond donors (Lipinski definition) is 0. The fraction of sp³-hybridized carbons (Fsp3) is 0.455. The van der Waals surface area contributed by atoms with Gasteiger partial charge < -0.3 is 9.47 Å². The first-order chi connectivity index (χ1) is 8.06. The molecule has 6 heteroatoms. The Morgan fingerprint density at radius 1 is 1.24 bits per heavy atom. The molecule has 0 unspecified atom stereocenters. The van der Waals surface area contributed by atoms with E-state index in [0.29, 0.717) is 25.7 Å². The summed E-state index contributed by atoms with van der Waals surface area (Å²) in [7, 11) is 0. The molecule has 1 aliphatic rings. The number of rotatable bonds is 4. The summed E-state index contributed by atoms with van der Waals surface area (Å²) in [5.74, 6) is 1.35. The second-order valence-corrected chi connectivity index (χ2v) is 7.01. The molecule has 17 heavy (non-hydrogen) atoms. The van der Waals surface area contributed by atoms with Crippen molar-refractivity contribution in [3.8, 4) is 5.75 Å². The molecule has 0 N–H and O–H groups in total. The Balaban J connectivity index is 2.09. The van der Waals surface area contributed by atoms with Crippen molar-refractivity contribution in [1.29, 1.82) is 0 Å². The van der Waals surface area contributed by atoms with Gasteiger partial charge in [-0.3, -0.25) is 0 Å². The van der Waals surface area contributed by atoms with Crippen LogP contribution >= 0.6 is 59.4 Å². The van der Waals surface area contributed by atoms with E-state index in [1.54, 1.807) is 0 Å². The highest BCUT2D eigenvalue weighted by Gasteiger charge is 2.39. The molecule has 0 radical (unpaired) electrons. The predicted molar refractivity (Wildman–Crippen MR) is 79.0 cm³/mol. The minimum atomic E-state index is -0.0342. The molecular weight excluding hydrogens is 439 g/mol. The van der Waals surface area contributed by atoms with Gasteiger partial charge in [-0.1, -0.05) is 15.9 Å². The molecule has 1 aliphatic heterocycles. The number of benzene rings is 1. The zero-order valence-corrected chi connectivity index (χ0v) is 14.3. The van der Waals surface area contributed by atoms with Gasteiger partial charge in [-0.05, 0) is 44.0 Å². The topological polar surface area (TPSA) is 18.5 Å². The Kier molecular flexibility index (Phi) is 4.80. The van der Waals surface area contributed by atoms with Crippen molar-refractivity contribution < 1.29 is 9.47 Å². The van der Waals surface area contributed by atoms with Crippen LogP contribution in [0.4, 0.5) is 0 Å². The van der Waals surface area contributed by atoms with Gasteiger partial charge in [0.05, 0.1) is 34.2 Å². The minimum absolute atomic E-state index is 0.0342. The summed E-state index contributed by atoms with van der Waals surface area (Å²) in [6.07, 6.45) is 0. The van der Waals surface area contributed by atoms with E-state index in [9.17, 15) is 0 Å². The molecule has 1 saturated heterocycles. The van der Waals surface area contributed by atoms with Crippen LogP contribution in [0.3, 0.4) is 0 Å². The average molecular weight is 449 g/mol. The zero-order valence-electron chi connectivity index (χ0n) is 8.81. The van der Waals surface area contributed by atoms with Crippen LogP contribution in [-0.2, 0) is 4.74 Å². The Morgan fingerprint density at radius 2 is 1.82 bits per heavy atom. The third kappa shape index (κ3) is 3.18. The summed E-state index contributed by atoms with van der Waals surface area (Å²) in [5, 5.41) is 0. The highest BCUT2D eigenvalue weighted by molar-refractivity contribution is 9.11. The summed E-state index contributed by atoms with van der Waals surface area (Å²) >= 11 is 16.3. The van der Waals surface area contributed by atoms with Crippen LogP contribution in [0.1, 0.15) is 0 Å². The van der Waals surface area contributed by atoms with Crippen LogP contribution in [0.15, 0.2) is 25.6 Å². The first kappa shape index (κ1) is 14.1. The van der Waals surface area contributed by atoms with Gasteiger partial charge in [-0.25, -0.2) is 0 Å². The van der Waals surface area contributed by atoms with Gasteiger partial charge in [0, 0.05) is 10.4 Å². The molecule has 1 aromatic carbocycles. The minimum Gasteiger partial charge on any atom is -0.490 e. The molecule has 0 saturated carbocycles. The molecule has 0 spiro atoms. The lowest BCUT2D eigenvalue weighted by atomic mass is 9.90. The van der Waals surface area contributed by atoms with Crippen LogP contribution in [0.5, 0.6) is 5.75 Å². The molecule has 0 atom stereocenters. The Labute approximate surface area is 130 Å². The summed E-state index contributed by atoms with van der Waals surface area (Å²) in [4.78, 5) is 0. The number of halogens is 4. The van der Waals surface area contributed by atoms with E-state index >= 15 is 0 Å². The molecule has 1 fully saturated rings. The van der Waals surface area contributed by atoms with E-state index < -0.39 is 0 Å². The van der Waals surface area contributed by atoms with Gasteiger partial charge in [-0.15, -0.1) is 11.6 Å². The van der Waals surface area contributed by atoms with Crippen molar-refractivity contribution in [1.82, 2.24) is 0 Å². The Morgan fingerprint density at radius 3 is 2.24 bits per heavy atom. The van der Waals surface area contributed by atoms with Crippen molar-refractivity contribution in [3.05, 3.63) is 25.6 Å². The predicted octanol–water partition coefficient (Wildman–Crippen LogP) is 4.61. The molecular formula is C11H10Br3ClO2. The van der Waals surface area contributed by atoms with E-state index in [2.05, 4.69) is 47.8 Å². The Hall–Kier alpha value is 0.710. The van der Waals surface area contributed by atoms with Crippen LogP contribution < -0.4 is 4.74 Å². The van der Waals surface area contributed by atoms with E-state index in [0.717, 1.165) is 19.2 Å². The van der Waals surface area contributed by atoms with E-state index in [1.165, 1.54) is 0 Å². The van der Waals surface area contributed by atoms with Crippen molar-refractivity contribution in [3.63, 3.8) is 0 Å². The lowest BCUT2D eigenvalue weighted by Crippen LogP contribution is -2.48. The smallest absolute Gasteiger partial charge is 0.147 e. The third-order valence-corrected chi connectivity index (χ3v) is 4.79. The van der Waals surface area contributed by atoms with Gasteiger partial charge in [0.2, 0.25) is 0 Å². The maximum atomic E-state index is 5.94. The lowest BCUT2D eigenvalue weighted by Gasteiger charge is -2.39. The third-order valence-electron chi connectivity index (χ3n) is 2.59. The number of hydrogen-bond acceptors (Lipinski definition) is 2. The SMILES string of the molecule is ClCC1(COc2c(Br)cc(Br)cc2Br)COC1. The molecule has 2 nitrogen and oxygen atoms in total. The molecule has 2 rings (SSSR count). The van der Waals surface area contributed by atoms with Crippen LogP contribution in [0.2, 0.25) is 0 Å². The van der Waals surface area contributed by atoms with E-state index in [1.807, 2.05) is 12.1 Å². The van der Waals surface area contributed by atoms with Gasteiger partial charge in [-0.2, -0.15) is 0 Å². The lowest BCUT2D eigenvalue weighted by molar-refractivity contribution is -0.118. The maximum absolute atomic E-state index is 5.94. The largest absolute Gasteiger partial charge is 0.490 e. The quantitative estimate of drug-likeness (QED) is 0.626. The average Bonchev–Trinajstić information content (AvgIpc) is 2.19. The molecule has 1 aromatic rings. The summed E-state index contributed by atoms with van der Waals surface area (Å²) in [6.45, 7) is 1.90. The highest BCUT2D eigenvalue weighted by atomic mass is 79.9. The number of ether oxygens (including phenoxy) is 2. The van der Waals surface area contributed by atoms with Crippen molar-refractivity contribution in [2.45, 2.75) is 0 Å². The van der Waals surface area contributed by atoms with Crippen molar-refractivity contribution in [2.24, 2.45) is 5.41 Å². The van der Waals surface area contributed by atoms with Crippen LogP contribution in [0.25, 0.3) is 0 Å². The molecule has 94 valence electrons. The van der Waals surface area contributed by atoms with Crippen LogP contribution in [0, 0.1) is 5.41 Å². The monoisotopic (exact) mass is 446 g/mol. The fourth-order valence-corrected chi connectivity index (χ4v) is 4.20. The standard InChI is InChI=1S/C11H10Br3ClO2/c12-7-1-8(13)10(9(14)2-7)17-6-11(3-15)4-16-5-11/h1-2H,3-6H2. The van der Waals surface area contributed by atoms with E-state index in [-0.39, 0.29) is 5.41 Å². The summed E-state index contributed by atoms with van der Waals surface area (Å²) in [5.41, 5.74) is -0.0342. The van der Waals surface area contributed by atoms with Gasteiger partial charge in [0.25, 0.3) is 0 Å². The van der Waals surface area contributed by atoms with Gasteiger partial charge in [0.1, 0.15) is 5.75 Å². The summed E-state index contributed by atoms with van der Waals surface area (Å²) in [6, 6.07) is 3.90. The number of alkyl halides is 1. The first-order valence-corrected chi connectivity index (χ1v) is 7.89. The molecule has 0 aliphatic carbocycles. The normalized spacial score (nSPS) is 17.6. The van der Waals surface area contributed by atoms with Crippen molar-refractivity contribution >= 4 is 59.4 Å². The van der Waals surface area contributed by atoms with Crippen molar-refractivity contribution in [2.75, 3.05) is 25.7 Å². The second-order valence-electron chi connectivity index (χ2n) is 4.11. The molecule has 1 heterocycles. The fourth-order valence-electron chi connectivity index (χ4n) is 1.48. The zero-order chi connectivity index (χ0) is 12.5. The molecule has 0 bridgehead atoms. The first-order valence-electron chi connectivity index (χ1n) is 4.97. The molecule has 0 aromatic heterocycles. The molecule has 0 amide bonds. The van der Waals surface area contributed by atoms with Crippen LogP contribution in [-0.4, -0.2) is 25.7 Å². The second kappa shape index (κ2) is 5.78. The maximum Gasteiger partial charge on any atom is 0.147 e.